The molecule has 0 heterocycles. The predicted octanol–water partition coefficient (Wildman–Crippen LogP) is 2.88. The second-order valence-electron chi connectivity index (χ2n) is 7.38. The maximum absolute atomic E-state index is 9.27. The topological polar surface area (TPSA) is 35.5 Å². The van der Waals surface area contributed by atoms with Crippen LogP contribution in [0.1, 0.15) is 60.3 Å². The molecule has 1 aliphatic carbocycles. The first-order valence-electron chi connectivity index (χ1n) is 8.50. The van der Waals surface area contributed by atoms with Gasteiger partial charge in [0, 0.05) is 25.2 Å². The van der Waals surface area contributed by atoms with Crippen molar-refractivity contribution in [1.29, 1.82) is 0 Å². The number of nitrogens with zero attached hydrogens (tertiary/aromatic N) is 1. The van der Waals surface area contributed by atoms with Crippen LogP contribution in [0.25, 0.3) is 0 Å². The molecular weight excluding hydrogens is 248 g/mol. The number of aliphatic hydroxyl groups is 1. The summed E-state index contributed by atoms with van der Waals surface area (Å²) in [6.45, 7) is 14.8. The van der Waals surface area contributed by atoms with Crippen LogP contribution in [-0.2, 0) is 0 Å². The Labute approximate surface area is 126 Å². The summed E-state index contributed by atoms with van der Waals surface area (Å²) in [4.78, 5) is 2.44. The first kappa shape index (κ1) is 17.9. The van der Waals surface area contributed by atoms with Gasteiger partial charge in [0.2, 0.25) is 0 Å². The molecule has 1 aliphatic rings. The van der Waals surface area contributed by atoms with Crippen molar-refractivity contribution in [3.05, 3.63) is 0 Å². The van der Waals surface area contributed by atoms with Gasteiger partial charge in [-0.1, -0.05) is 27.2 Å². The fourth-order valence-electron chi connectivity index (χ4n) is 3.71. The zero-order valence-corrected chi connectivity index (χ0v) is 14.3. The third kappa shape index (κ3) is 5.01. The molecule has 0 saturated heterocycles. The average molecular weight is 284 g/mol. The smallest absolute Gasteiger partial charge is 0.0558 e. The largest absolute Gasteiger partial charge is 0.395 e. The molecular formula is C17H36N2O. The van der Waals surface area contributed by atoms with Crippen LogP contribution in [0, 0.1) is 11.3 Å². The lowest BCUT2D eigenvalue weighted by molar-refractivity contribution is 0.0622. The van der Waals surface area contributed by atoms with E-state index in [0.29, 0.717) is 23.4 Å². The molecule has 0 amide bonds. The molecule has 2 atom stereocenters. The quantitative estimate of drug-likeness (QED) is 0.719. The van der Waals surface area contributed by atoms with Gasteiger partial charge in [-0.05, 0) is 51.0 Å². The van der Waals surface area contributed by atoms with Gasteiger partial charge in [-0.25, -0.2) is 0 Å². The van der Waals surface area contributed by atoms with Crippen LogP contribution in [0.15, 0.2) is 0 Å². The van der Waals surface area contributed by atoms with E-state index >= 15 is 0 Å². The fourth-order valence-corrected chi connectivity index (χ4v) is 3.71. The molecule has 20 heavy (non-hydrogen) atoms. The standard InChI is InChI=1S/C17H36N2O/c1-6-10-18-16-15(8-7-9-17(16,4)5)13-19(11-12-20)14(2)3/h14-16,18,20H,6-13H2,1-5H3. The van der Waals surface area contributed by atoms with Gasteiger partial charge in [0.1, 0.15) is 0 Å². The minimum atomic E-state index is 0.265. The SMILES string of the molecule is CCCNC1C(CN(CCO)C(C)C)CCCC1(C)C. The van der Waals surface area contributed by atoms with Crippen molar-refractivity contribution in [2.75, 3.05) is 26.2 Å². The minimum absolute atomic E-state index is 0.265. The van der Waals surface area contributed by atoms with Gasteiger partial charge < -0.3 is 10.4 Å². The lowest BCUT2D eigenvalue weighted by Gasteiger charge is -2.46. The summed E-state index contributed by atoms with van der Waals surface area (Å²) in [6.07, 6.45) is 5.18. The van der Waals surface area contributed by atoms with E-state index in [1.165, 1.54) is 25.7 Å². The molecule has 0 aromatic rings. The highest BCUT2D eigenvalue weighted by Gasteiger charge is 2.39. The molecule has 0 spiro atoms. The Morgan fingerprint density at radius 3 is 2.60 bits per heavy atom. The highest BCUT2D eigenvalue weighted by molar-refractivity contribution is 4.94. The van der Waals surface area contributed by atoms with Gasteiger partial charge in [-0.3, -0.25) is 4.90 Å². The van der Waals surface area contributed by atoms with E-state index in [9.17, 15) is 5.11 Å². The molecule has 0 bridgehead atoms. The molecule has 0 aromatic carbocycles. The van der Waals surface area contributed by atoms with Gasteiger partial charge in [0.15, 0.2) is 0 Å². The van der Waals surface area contributed by atoms with E-state index in [0.717, 1.165) is 19.6 Å². The van der Waals surface area contributed by atoms with E-state index in [-0.39, 0.29) is 6.61 Å². The van der Waals surface area contributed by atoms with Crippen LogP contribution in [0.2, 0.25) is 0 Å². The molecule has 1 saturated carbocycles. The molecule has 1 rings (SSSR count). The van der Waals surface area contributed by atoms with E-state index < -0.39 is 0 Å². The molecule has 2 N–H and O–H groups in total. The lowest BCUT2D eigenvalue weighted by Crippen LogP contribution is -2.54. The molecule has 2 unspecified atom stereocenters. The predicted molar refractivity (Wildman–Crippen MR) is 87.0 cm³/mol. The highest BCUT2D eigenvalue weighted by atomic mass is 16.3. The van der Waals surface area contributed by atoms with Crippen molar-refractivity contribution in [3.8, 4) is 0 Å². The van der Waals surface area contributed by atoms with Crippen LogP contribution in [0.4, 0.5) is 0 Å². The normalized spacial score (nSPS) is 26.4. The summed E-state index contributed by atoms with van der Waals surface area (Å²) in [5, 5.41) is 13.1. The van der Waals surface area contributed by atoms with Gasteiger partial charge in [0.05, 0.1) is 6.61 Å². The van der Waals surface area contributed by atoms with E-state index in [4.69, 9.17) is 0 Å². The Balaban J connectivity index is 2.72. The maximum atomic E-state index is 9.27. The van der Waals surface area contributed by atoms with E-state index in [2.05, 4.69) is 44.8 Å². The van der Waals surface area contributed by atoms with Crippen molar-refractivity contribution in [2.45, 2.75) is 72.4 Å². The number of hydrogen-bond acceptors (Lipinski definition) is 3. The van der Waals surface area contributed by atoms with Crippen LogP contribution in [0.3, 0.4) is 0 Å². The summed E-state index contributed by atoms with van der Waals surface area (Å²) < 4.78 is 0. The third-order valence-electron chi connectivity index (χ3n) is 4.91. The molecule has 0 aliphatic heterocycles. The van der Waals surface area contributed by atoms with Crippen LogP contribution < -0.4 is 5.32 Å². The first-order chi connectivity index (χ1) is 9.42. The Morgan fingerprint density at radius 2 is 2.05 bits per heavy atom. The lowest BCUT2D eigenvalue weighted by atomic mass is 9.67. The van der Waals surface area contributed by atoms with Crippen LogP contribution >= 0.6 is 0 Å². The Bertz CT molecular complexity index is 266. The summed E-state index contributed by atoms with van der Waals surface area (Å²) >= 11 is 0. The monoisotopic (exact) mass is 284 g/mol. The Hall–Kier alpha value is -0.120. The van der Waals surface area contributed by atoms with Crippen molar-refractivity contribution in [1.82, 2.24) is 10.2 Å². The highest BCUT2D eigenvalue weighted by Crippen LogP contribution is 2.39. The van der Waals surface area contributed by atoms with Gasteiger partial charge >= 0.3 is 0 Å². The molecule has 0 radical (unpaired) electrons. The Morgan fingerprint density at radius 1 is 1.35 bits per heavy atom. The summed E-state index contributed by atoms with van der Waals surface area (Å²) in [5.74, 6) is 0.708. The number of rotatable bonds is 8. The first-order valence-corrected chi connectivity index (χ1v) is 8.50. The summed E-state index contributed by atoms with van der Waals surface area (Å²) in [6, 6.07) is 1.12. The van der Waals surface area contributed by atoms with E-state index in [1.54, 1.807) is 0 Å². The molecule has 0 aromatic heterocycles. The van der Waals surface area contributed by atoms with Crippen molar-refractivity contribution >= 4 is 0 Å². The number of nitrogens with one attached hydrogen (secondary N) is 1. The molecule has 1 fully saturated rings. The third-order valence-corrected chi connectivity index (χ3v) is 4.91. The summed E-state index contributed by atoms with van der Waals surface area (Å²) in [5.41, 5.74) is 0.389. The van der Waals surface area contributed by atoms with Crippen LogP contribution in [0.5, 0.6) is 0 Å². The minimum Gasteiger partial charge on any atom is -0.395 e. The maximum Gasteiger partial charge on any atom is 0.0558 e. The molecule has 3 nitrogen and oxygen atoms in total. The fraction of sp³-hybridized carbons (Fsp3) is 1.00. The number of hydrogen-bond donors (Lipinski definition) is 2. The Kier molecular flexibility index (Phi) is 7.49. The molecule has 3 heteroatoms. The van der Waals surface area contributed by atoms with Gasteiger partial charge in [-0.15, -0.1) is 0 Å². The summed E-state index contributed by atoms with van der Waals surface area (Å²) in [7, 11) is 0. The zero-order valence-electron chi connectivity index (χ0n) is 14.3. The van der Waals surface area contributed by atoms with Gasteiger partial charge in [-0.2, -0.15) is 0 Å². The van der Waals surface area contributed by atoms with Crippen molar-refractivity contribution in [2.24, 2.45) is 11.3 Å². The second kappa shape index (κ2) is 8.35. The number of aliphatic hydroxyl groups excluding tert-OH is 1. The van der Waals surface area contributed by atoms with Gasteiger partial charge in [0.25, 0.3) is 0 Å². The van der Waals surface area contributed by atoms with Crippen molar-refractivity contribution < 1.29 is 5.11 Å². The van der Waals surface area contributed by atoms with Crippen LogP contribution in [-0.4, -0.2) is 48.3 Å². The molecule has 120 valence electrons. The zero-order chi connectivity index (χ0) is 15.2. The van der Waals surface area contributed by atoms with E-state index in [1.807, 2.05) is 0 Å². The second-order valence-corrected chi connectivity index (χ2v) is 7.38. The van der Waals surface area contributed by atoms with Crippen molar-refractivity contribution in [3.63, 3.8) is 0 Å². The average Bonchev–Trinajstić information content (AvgIpc) is 2.36.